The van der Waals surface area contributed by atoms with Gasteiger partial charge in [0, 0.05) is 49.5 Å². The molecular formula is C27H30N6O2. The van der Waals surface area contributed by atoms with Crippen LogP contribution in [-0.2, 0) is 6.54 Å². The number of hydrogen-bond acceptors (Lipinski definition) is 5. The predicted octanol–water partition coefficient (Wildman–Crippen LogP) is 4.72. The molecule has 8 nitrogen and oxygen atoms in total. The van der Waals surface area contributed by atoms with Gasteiger partial charge in [-0.1, -0.05) is 18.2 Å². The van der Waals surface area contributed by atoms with Gasteiger partial charge in [0.15, 0.2) is 0 Å². The van der Waals surface area contributed by atoms with Crippen molar-refractivity contribution in [1.29, 1.82) is 0 Å². The van der Waals surface area contributed by atoms with E-state index in [0.29, 0.717) is 11.4 Å². The zero-order valence-corrected chi connectivity index (χ0v) is 19.9. The normalized spacial score (nSPS) is 14.7. The smallest absolute Gasteiger partial charge is 0.323 e. The summed E-state index contributed by atoms with van der Waals surface area (Å²) in [6, 6.07) is 22.4. The second-order valence-corrected chi connectivity index (χ2v) is 8.80. The number of para-hydroxylation sites is 1. The highest BCUT2D eigenvalue weighted by Crippen LogP contribution is 2.23. The van der Waals surface area contributed by atoms with E-state index in [1.807, 2.05) is 83.7 Å². The van der Waals surface area contributed by atoms with Gasteiger partial charge in [-0.05, 0) is 61.6 Å². The molecule has 0 aliphatic carbocycles. The Morgan fingerprint density at radius 2 is 1.54 bits per heavy atom. The molecular weight excluding hydrogens is 440 g/mol. The van der Waals surface area contributed by atoms with Crippen molar-refractivity contribution in [3.05, 3.63) is 79.0 Å². The van der Waals surface area contributed by atoms with Crippen LogP contribution in [0.25, 0.3) is 10.9 Å². The summed E-state index contributed by atoms with van der Waals surface area (Å²) in [5, 5.41) is 11.3. The minimum atomic E-state index is -0.302. The van der Waals surface area contributed by atoms with Gasteiger partial charge in [0.1, 0.15) is 11.5 Å². The van der Waals surface area contributed by atoms with E-state index in [-0.39, 0.29) is 6.03 Å². The van der Waals surface area contributed by atoms with E-state index in [1.54, 1.807) is 0 Å². The predicted molar refractivity (Wildman–Crippen MR) is 139 cm³/mol. The number of carbonyl (C=O) groups excluding carboxylic acids is 1. The SMILES string of the molecule is CN1CCN(CCn2ncc3cc(NC(=O)Nc4ccc(Oc5ccccc5)cc4)ccc32)CC1. The minimum Gasteiger partial charge on any atom is -0.457 e. The zero-order chi connectivity index (χ0) is 24.0. The number of benzene rings is 3. The van der Waals surface area contributed by atoms with Crippen LogP contribution in [0.1, 0.15) is 0 Å². The standard InChI is InChI=1S/C27H30N6O2/c1-31-13-15-32(16-14-31)17-18-33-26-12-9-23(19-21(26)20-28-33)30-27(34)29-22-7-10-25(11-8-22)35-24-5-3-2-4-6-24/h2-12,19-20H,13-18H2,1H3,(H2,29,30,34). The number of likely N-dealkylation sites (N-methyl/N-ethyl adjacent to an activating group) is 1. The Morgan fingerprint density at radius 1 is 0.857 bits per heavy atom. The Morgan fingerprint density at radius 3 is 2.31 bits per heavy atom. The number of amides is 2. The maximum atomic E-state index is 12.5. The van der Waals surface area contributed by atoms with Gasteiger partial charge in [0.2, 0.25) is 0 Å². The molecule has 4 aromatic rings. The van der Waals surface area contributed by atoms with Gasteiger partial charge in [0.25, 0.3) is 0 Å². The molecule has 180 valence electrons. The fourth-order valence-corrected chi connectivity index (χ4v) is 4.18. The highest BCUT2D eigenvalue weighted by molar-refractivity contribution is 6.01. The third-order valence-electron chi connectivity index (χ3n) is 6.21. The maximum absolute atomic E-state index is 12.5. The maximum Gasteiger partial charge on any atom is 0.323 e. The van der Waals surface area contributed by atoms with E-state index < -0.39 is 0 Å². The van der Waals surface area contributed by atoms with Crippen LogP contribution in [0.2, 0.25) is 0 Å². The highest BCUT2D eigenvalue weighted by atomic mass is 16.5. The average Bonchev–Trinajstić information content (AvgIpc) is 3.28. The molecule has 0 saturated carbocycles. The molecule has 2 heterocycles. The molecule has 3 aromatic carbocycles. The quantitative estimate of drug-likeness (QED) is 0.409. The Kier molecular flexibility index (Phi) is 6.92. The van der Waals surface area contributed by atoms with Crippen LogP contribution in [0.15, 0.2) is 79.0 Å². The lowest BCUT2D eigenvalue weighted by molar-refractivity contribution is 0.149. The summed E-state index contributed by atoms with van der Waals surface area (Å²) in [5.41, 5.74) is 2.47. The number of nitrogens with one attached hydrogen (secondary N) is 2. The molecule has 2 N–H and O–H groups in total. The van der Waals surface area contributed by atoms with Crippen LogP contribution in [0.5, 0.6) is 11.5 Å². The number of piperazine rings is 1. The van der Waals surface area contributed by atoms with Crippen molar-refractivity contribution >= 4 is 28.3 Å². The molecule has 2 amide bonds. The van der Waals surface area contributed by atoms with Crippen molar-refractivity contribution in [1.82, 2.24) is 19.6 Å². The molecule has 1 aromatic heterocycles. The largest absolute Gasteiger partial charge is 0.457 e. The molecule has 0 atom stereocenters. The van der Waals surface area contributed by atoms with E-state index in [0.717, 1.165) is 61.6 Å². The lowest BCUT2D eigenvalue weighted by Crippen LogP contribution is -2.45. The summed E-state index contributed by atoms with van der Waals surface area (Å²) in [6.45, 7) is 6.26. The molecule has 0 spiro atoms. The summed E-state index contributed by atoms with van der Waals surface area (Å²) in [4.78, 5) is 17.4. The average molecular weight is 471 g/mol. The van der Waals surface area contributed by atoms with Gasteiger partial charge in [-0.25, -0.2) is 4.79 Å². The second-order valence-electron chi connectivity index (χ2n) is 8.80. The first-order valence-electron chi connectivity index (χ1n) is 11.9. The molecule has 35 heavy (non-hydrogen) atoms. The lowest BCUT2D eigenvalue weighted by Gasteiger charge is -2.32. The molecule has 1 aliphatic rings. The number of aromatic nitrogens is 2. The van der Waals surface area contributed by atoms with Crippen LogP contribution in [0.4, 0.5) is 16.2 Å². The van der Waals surface area contributed by atoms with E-state index in [2.05, 4.69) is 32.6 Å². The minimum absolute atomic E-state index is 0.302. The summed E-state index contributed by atoms with van der Waals surface area (Å²) < 4.78 is 7.83. The van der Waals surface area contributed by atoms with Crippen molar-refractivity contribution in [2.24, 2.45) is 0 Å². The summed E-state index contributed by atoms with van der Waals surface area (Å²) in [7, 11) is 2.17. The van der Waals surface area contributed by atoms with Crippen LogP contribution in [0, 0.1) is 0 Å². The summed E-state index contributed by atoms with van der Waals surface area (Å²) in [6.07, 6.45) is 1.86. The molecule has 0 unspecified atom stereocenters. The topological polar surface area (TPSA) is 74.7 Å². The van der Waals surface area contributed by atoms with Crippen molar-refractivity contribution < 1.29 is 9.53 Å². The highest BCUT2D eigenvalue weighted by Gasteiger charge is 2.14. The number of carbonyl (C=O) groups is 1. The molecule has 8 heteroatoms. The van der Waals surface area contributed by atoms with E-state index in [1.165, 1.54) is 0 Å². The molecule has 5 rings (SSSR count). The van der Waals surface area contributed by atoms with Crippen molar-refractivity contribution in [2.75, 3.05) is 50.4 Å². The zero-order valence-electron chi connectivity index (χ0n) is 19.9. The number of fused-ring (bicyclic) bond motifs is 1. The lowest BCUT2D eigenvalue weighted by atomic mass is 10.2. The van der Waals surface area contributed by atoms with Gasteiger partial charge < -0.3 is 20.3 Å². The molecule has 0 bridgehead atoms. The Bertz CT molecular complexity index is 1260. The van der Waals surface area contributed by atoms with Gasteiger partial charge in [-0.3, -0.25) is 9.58 Å². The van der Waals surface area contributed by atoms with Crippen LogP contribution >= 0.6 is 0 Å². The molecule has 1 fully saturated rings. The van der Waals surface area contributed by atoms with Crippen LogP contribution < -0.4 is 15.4 Å². The molecule has 1 saturated heterocycles. The van der Waals surface area contributed by atoms with Crippen molar-refractivity contribution in [3.8, 4) is 11.5 Å². The van der Waals surface area contributed by atoms with E-state index in [9.17, 15) is 4.79 Å². The Hall–Kier alpha value is -3.88. The first kappa shape index (κ1) is 22.9. The second kappa shape index (κ2) is 10.6. The van der Waals surface area contributed by atoms with Gasteiger partial charge in [-0.15, -0.1) is 0 Å². The first-order chi connectivity index (χ1) is 17.1. The Labute approximate surface area is 205 Å². The third-order valence-corrected chi connectivity index (χ3v) is 6.21. The van der Waals surface area contributed by atoms with Crippen molar-refractivity contribution in [3.63, 3.8) is 0 Å². The number of anilines is 2. The van der Waals surface area contributed by atoms with Gasteiger partial charge in [-0.2, -0.15) is 5.10 Å². The number of ether oxygens (including phenoxy) is 1. The number of rotatable bonds is 7. The molecule has 0 radical (unpaired) electrons. The Balaban J connectivity index is 1.15. The summed E-state index contributed by atoms with van der Waals surface area (Å²) in [5.74, 6) is 1.47. The fraction of sp³-hybridized carbons (Fsp3) is 0.259. The monoisotopic (exact) mass is 470 g/mol. The van der Waals surface area contributed by atoms with Gasteiger partial charge in [0.05, 0.1) is 18.3 Å². The fourth-order valence-electron chi connectivity index (χ4n) is 4.18. The van der Waals surface area contributed by atoms with Gasteiger partial charge >= 0.3 is 6.03 Å². The molecule has 1 aliphatic heterocycles. The number of nitrogens with zero attached hydrogens (tertiary/aromatic N) is 4. The third kappa shape index (κ3) is 5.98. The first-order valence-corrected chi connectivity index (χ1v) is 11.9. The summed E-state index contributed by atoms with van der Waals surface area (Å²) >= 11 is 0. The van der Waals surface area contributed by atoms with E-state index >= 15 is 0 Å². The van der Waals surface area contributed by atoms with Crippen LogP contribution in [0.3, 0.4) is 0 Å². The van der Waals surface area contributed by atoms with Crippen LogP contribution in [-0.4, -0.2) is 65.4 Å². The number of hydrogen-bond donors (Lipinski definition) is 2. The van der Waals surface area contributed by atoms with Crippen molar-refractivity contribution in [2.45, 2.75) is 6.54 Å². The van der Waals surface area contributed by atoms with E-state index in [4.69, 9.17) is 4.74 Å². The number of urea groups is 1.